The van der Waals surface area contributed by atoms with Crippen molar-refractivity contribution in [1.29, 1.82) is 0 Å². The molecule has 0 aliphatic rings. The first-order valence-electron chi connectivity index (χ1n) is 5.03. The van der Waals surface area contributed by atoms with Gasteiger partial charge in [-0.3, -0.25) is 0 Å². The first-order valence-corrected chi connectivity index (χ1v) is 5.82. The second-order valence-corrected chi connectivity index (χ2v) is 4.33. The molecule has 0 amide bonds. The average Bonchev–Trinajstić information content (AvgIpc) is 2.34. The Morgan fingerprint density at radius 3 is 2.61 bits per heavy atom. The maximum Gasteiger partial charge on any atom is 0.339 e. The summed E-state index contributed by atoms with van der Waals surface area (Å²) in [5, 5.41) is 8.98. The van der Waals surface area contributed by atoms with Crippen molar-refractivity contribution in [2.24, 2.45) is 0 Å². The minimum absolute atomic E-state index is 0.0285. The van der Waals surface area contributed by atoms with Crippen LogP contribution >= 0.6 is 15.9 Å². The molecule has 92 valence electrons. The fourth-order valence-electron chi connectivity index (χ4n) is 1.40. The molecular formula is C13H8BrFO3. The highest BCUT2D eigenvalue weighted by Crippen LogP contribution is 2.28. The molecule has 5 heteroatoms. The summed E-state index contributed by atoms with van der Waals surface area (Å²) in [4.78, 5) is 11.0. The van der Waals surface area contributed by atoms with Crippen LogP contribution < -0.4 is 4.74 Å². The first-order chi connectivity index (χ1) is 8.58. The normalized spacial score (nSPS) is 10.1. The van der Waals surface area contributed by atoms with Crippen LogP contribution in [-0.2, 0) is 0 Å². The van der Waals surface area contributed by atoms with Crippen LogP contribution in [0.2, 0.25) is 0 Å². The lowest BCUT2D eigenvalue weighted by Gasteiger charge is -2.08. The van der Waals surface area contributed by atoms with Crippen molar-refractivity contribution in [3.8, 4) is 11.5 Å². The van der Waals surface area contributed by atoms with Crippen LogP contribution in [0, 0.1) is 5.82 Å². The molecule has 0 heterocycles. The lowest BCUT2D eigenvalue weighted by molar-refractivity contribution is 0.0694. The Morgan fingerprint density at radius 2 is 1.94 bits per heavy atom. The van der Waals surface area contributed by atoms with Gasteiger partial charge in [-0.05, 0) is 40.2 Å². The van der Waals surface area contributed by atoms with Crippen molar-refractivity contribution >= 4 is 21.9 Å². The number of hydrogen-bond acceptors (Lipinski definition) is 2. The Hall–Kier alpha value is -1.88. The number of rotatable bonds is 3. The number of carboxylic acid groups (broad SMARTS) is 1. The number of para-hydroxylation sites is 1. The van der Waals surface area contributed by atoms with Gasteiger partial charge in [-0.2, -0.15) is 0 Å². The lowest BCUT2D eigenvalue weighted by Crippen LogP contribution is -1.99. The second kappa shape index (κ2) is 5.18. The topological polar surface area (TPSA) is 46.5 Å². The molecule has 2 aromatic rings. The van der Waals surface area contributed by atoms with Gasteiger partial charge < -0.3 is 9.84 Å². The minimum atomic E-state index is -1.09. The summed E-state index contributed by atoms with van der Waals surface area (Å²) >= 11 is 3.03. The highest BCUT2D eigenvalue weighted by molar-refractivity contribution is 9.10. The molecule has 0 atom stereocenters. The number of carbonyl (C=O) groups is 1. The quantitative estimate of drug-likeness (QED) is 0.929. The summed E-state index contributed by atoms with van der Waals surface area (Å²) in [6.45, 7) is 0. The molecule has 0 spiro atoms. The van der Waals surface area contributed by atoms with Crippen molar-refractivity contribution in [3.63, 3.8) is 0 Å². The van der Waals surface area contributed by atoms with E-state index >= 15 is 0 Å². The van der Waals surface area contributed by atoms with E-state index in [4.69, 9.17) is 9.84 Å². The van der Waals surface area contributed by atoms with Crippen LogP contribution in [0.3, 0.4) is 0 Å². The van der Waals surface area contributed by atoms with Crippen LogP contribution in [0.5, 0.6) is 11.5 Å². The van der Waals surface area contributed by atoms with E-state index in [9.17, 15) is 9.18 Å². The Balaban J connectivity index is 2.34. The van der Waals surface area contributed by atoms with E-state index < -0.39 is 11.8 Å². The predicted octanol–water partition coefficient (Wildman–Crippen LogP) is 4.08. The van der Waals surface area contributed by atoms with Gasteiger partial charge >= 0.3 is 5.97 Å². The standard InChI is InChI=1S/C13H8BrFO3/c14-10-6-5-8(7-11(10)15)18-12-4-2-1-3-9(12)13(16)17/h1-7H,(H,16,17). The Labute approximate surface area is 111 Å². The zero-order valence-electron chi connectivity index (χ0n) is 9.06. The molecule has 2 aromatic carbocycles. The molecule has 18 heavy (non-hydrogen) atoms. The van der Waals surface area contributed by atoms with Gasteiger partial charge in [0.25, 0.3) is 0 Å². The number of halogens is 2. The maximum absolute atomic E-state index is 13.3. The summed E-state index contributed by atoms with van der Waals surface area (Å²) in [7, 11) is 0. The van der Waals surface area contributed by atoms with Gasteiger partial charge in [0.2, 0.25) is 0 Å². The average molecular weight is 311 g/mol. The van der Waals surface area contributed by atoms with Gasteiger partial charge in [-0.15, -0.1) is 0 Å². The fourth-order valence-corrected chi connectivity index (χ4v) is 1.65. The molecule has 0 fully saturated rings. The Kier molecular flexibility index (Phi) is 3.62. The minimum Gasteiger partial charge on any atom is -0.478 e. The second-order valence-electron chi connectivity index (χ2n) is 3.48. The van der Waals surface area contributed by atoms with E-state index in [0.717, 1.165) is 0 Å². The number of ether oxygens (including phenoxy) is 1. The molecule has 0 radical (unpaired) electrons. The molecule has 0 bridgehead atoms. The molecule has 0 saturated heterocycles. The predicted molar refractivity (Wildman–Crippen MR) is 67.6 cm³/mol. The monoisotopic (exact) mass is 310 g/mol. The third-order valence-corrected chi connectivity index (χ3v) is 2.88. The highest BCUT2D eigenvalue weighted by atomic mass is 79.9. The fraction of sp³-hybridized carbons (Fsp3) is 0. The van der Waals surface area contributed by atoms with E-state index in [0.29, 0.717) is 4.47 Å². The van der Waals surface area contributed by atoms with Gasteiger partial charge in [0.05, 0.1) is 4.47 Å². The van der Waals surface area contributed by atoms with E-state index in [2.05, 4.69) is 15.9 Å². The summed E-state index contributed by atoms with van der Waals surface area (Å²) < 4.78 is 19.0. The number of aromatic carboxylic acids is 1. The van der Waals surface area contributed by atoms with Gasteiger partial charge in [0.15, 0.2) is 0 Å². The summed E-state index contributed by atoms with van der Waals surface area (Å²) in [5.41, 5.74) is 0.0285. The van der Waals surface area contributed by atoms with Crippen LogP contribution in [0.25, 0.3) is 0 Å². The summed E-state index contributed by atoms with van der Waals surface area (Å²) in [5.74, 6) is -1.15. The van der Waals surface area contributed by atoms with Crippen LogP contribution in [0.4, 0.5) is 4.39 Å². The van der Waals surface area contributed by atoms with Crippen molar-refractivity contribution in [2.75, 3.05) is 0 Å². The number of carboxylic acids is 1. The maximum atomic E-state index is 13.3. The first kappa shape index (κ1) is 12.6. The highest BCUT2D eigenvalue weighted by Gasteiger charge is 2.11. The molecule has 0 aliphatic carbocycles. The molecule has 0 aliphatic heterocycles. The molecule has 0 aromatic heterocycles. The van der Waals surface area contributed by atoms with Crippen molar-refractivity contribution in [1.82, 2.24) is 0 Å². The van der Waals surface area contributed by atoms with Gasteiger partial charge in [0, 0.05) is 6.07 Å². The van der Waals surface area contributed by atoms with Gasteiger partial charge in [0.1, 0.15) is 22.9 Å². The number of benzene rings is 2. The van der Waals surface area contributed by atoms with Crippen molar-refractivity contribution in [3.05, 3.63) is 58.3 Å². The van der Waals surface area contributed by atoms with Crippen LogP contribution in [0.1, 0.15) is 10.4 Å². The van der Waals surface area contributed by atoms with E-state index in [1.54, 1.807) is 18.2 Å². The smallest absolute Gasteiger partial charge is 0.339 e. The van der Waals surface area contributed by atoms with E-state index in [1.165, 1.54) is 24.3 Å². The van der Waals surface area contributed by atoms with Gasteiger partial charge in [-0.25, -0.2) is 9.18 Å². The number of hydrogen-bond donors (Lipinski definition) is 1. The summed E-state index contributed by atoms with van der Waals surface area (Å²) in [6.07, 6.45) is 0. The van der Waals surface area contributed by atoms with Crippen LogP contribution in [0.15, 0.2) is 46.9 Å². The third-order valence-electron chi connectivity index (χ3n) is 2.24. The molecule has 0 saturated carbocycles. The molecule has 0 unspecified atom stereocenters. The zero-order valence-corrected chi connectivity index (χ0v) is 10.6. The van der Waals surface area contributed by atoms with Crippen LogP contribution in [-0.4, -0.2) is 11.1 Å². The van der Waals surface area contributed by atoms with E-state index in [1.807, 2.05) is 0 Å². The van der Waals surface area contributed by atoms with E-state index in [-0.39, 0.29) is 17.1 Å². The summed E-state index contributed by atoms with van der Waals surface area (Å²) in [6, 6.07) is 10.4. The van der Waals surface area contributed by atoms with Gasteiger partial charge in [-0.1, -0.05) is 12.1 Å². The molecule has 3 nitrogen and oxygen atoms in total. The third kappa shape index (κ3) is 2.68. The molecule has 1 N–H and O–H groups in total. The lowest BCUT2D eigenvalue weighted by atomic mass is 10.2. The van der Waals surface area contributed by atoms with Crippen molar-refractivity contribution < 1.29 is 19.0 Å². The SMILES string of the molecule is O=C(O)c1ccccc1Oc1ccc(Br)c(F)c1. The zero-order chi connectivity index (χ0) is 13.1. The Morgan fingerprint density at radius 1 is 1.22 bits per heavy atom. The van der Waals surface area contributed by atoms with Crippen molar-refractivity contribution in [2.45, 2.75) is 0 Å². The molecular weight excluding hydrogens is 303 g/mol. The largest absolute Gasteiger partial charge is 0.478 e. The molecule has 2 rings (SSSR count). The Bertz CT molecular complexity index is 599.